The molecule has 87 heavy (non-hydrogen) atoms. The van der Waals surface area contributed by atoms with Gasteiger partial charge in [-0.15, -0.1) is 0 Å². The van der Waals surface area contributed by atoms with Crippen molar-refractivity contribution in [2.24, 2.45) is 16.5 Å². The van der Waals surface area contributed by atoms with Gasteiger partial charge in [-0.05, 0) is 91.0 Å². The predicted molar refractivity (Wildman–Crippen MR) is 320 cm³/mol. The number of phenolic OH excluding ortho intramolecular Hbond substituents is 1. The largest absolute Gasteiger partial charge is 0.508 e. The van der Waals surface area contributed by atoms with Crippen molar-refractivity contribution in [3.05, 3.63) is 108 Å². The number of likely N-dealkylation sites (N-methyl/N-ethyl adjacent to an activating group) is 1. The van der Waals surface area contributed by atoms with Crippen LogP contribution < -0.4 is 43.4 Å². The van der Waals surface area contributed by atoms with Crippen molar-refractivity contribution in [1.82, 2.24) is 51.1 Å². The van der Waals surface area contributed by atoms with Gasteiger partial charge in [-0.25, -0.2) is 0 Å². The topological polar surface area (TPSA) is 404 Å². The zero-order valence-electron chi connectivity index (χ0n) is 48.5. The number of rotatable bonds is 23. The minimum atomic E-state index is -1.98. The molecule has 468 valence electrons. The number of hydrogen-bond donors (Lipinski definition) is 12. The van der Waals surface area contributed by atoms with Gasteiger partial charge in [0.1, 0.15) is 17.8 Å². The van der Waals surface area contributed by atoms with Gasteiger partial charge in [-0.1, -0.05) is 54.6 Å². The van der Waals surface area contributed by atoms with Crippen molar-refractivity contribution in [3.63, 3.8) is 0 Å². The van der Waals surface area contributed by atoms with Crippen molar-refractivity contribution in [1.29, 1.82) is 0 Å². The van der Waals surface area contributed by atoms with Crippen molar-refractivity contribution in [3.8, 4) is 5.75 Å². The molecule has 0 aliphatic carbocycles. The van der Waals surface area contributed by atoms with E-state index in [2.05, 4.69) is 36.9 Å². The predicted octanol–water partition coefficient (Wildman–Crippen LogP) is -1.58. The smallest absolute Gasteiger partial charge is 0.317 e. The van der Waals surface area contributed by atoms with E-state index in [1.54, 1.807) is 19.6 Å². The number of amides is 6. The molecule has 2 aliphatic rings. The van der Waals surface area contributed by atoms with Gasteiger partial charge in [0.25, 0.3) is 5.91 Å². The highest BCUT2D eigenvalue weighted by molar-refractivity contribution is 5.97. The summed E-state index contributed by atoms with van der Waals surface area (Å²) < 4.78 is 0. The quantitative estimate of drug-likeness (QED) is 0.0173. The Kier molecular flexibility index (Phi) is 25.4. The number of aliphatic imine (C=N–C) groups is 1. The summed E-state index contributed by atoms with van der Waals surface area (Å²) in [6.07, 6.45) is 0.490. The number of phenols is 1. The summed E-state index contributed by atoms with van der Waals surface area (Å²) >= 11 is 0. The Morgan fingerprint density at radius 3 is 1.78 bits per heavy atom. The molecule has 2 fully saturated rings. The maximum absolute atomic E-state index is 14.9. The molecule has 4 aromatic carbocycles. The number of benzene rings is 4. The number of nitrogens with one attached hydrogen (secondary N) is 6. The van der Waals surface area contributed by atoms with Crippen LogP contribution in [-0.4, -0.2) is 240 Å². The van der Waals surface area contributed by atoms with E-state index in [1.807, 2.05) is 42.5 Å². The van der Waals surface area contributed by atoms with Gasteiger partial charge >= 0.3 is 17.9 Å². The Labute approximate surface area is 502 Å². The minimum absolute atomic E-state index is 0.00172. The third-order valence-electron chi connectivity index (χ3n) is 15.0. The third-order valence-corrected chi connectivity index (χ3v) is 15.0. The number of aldehydes is 1. The molecule has 14 N–H and O–H groups in total. The second-order valence-electron chi connectivity index (χ2n) is 21.5. The summed E-state index contributed by atoms with van der Waals surface area (Å²) in [5.74, 6) is -7.44. The van der Waals surface area contributed by atoms with Crippen molar-refractivity contribution in [2.45, 2.75) is 62.3 Å². The minimum Gasteiger partial charge on any atom is -0.508 e. The van der Waals surface area contributed by atoms with Gasteiger partial charge in [-0.2, -0.15) is 0 Å². The molecule has 4 aromatic rings. The Morgan fingerprint density at radius 2 is 1.22 bits per heavy atom. The number of hydrogen-bond acceptors (Lipinski definition) is 17. The van der Waals surface area contributed by atoms with Crippen LogP contribution in [-0.2, 0) is 56.0 Å². The van der Waals surface area contributed by atoms with Crippen LogP contribution in [0.4, 0.5) is 5.69 Å². The Hall–Kier alpha value is -9.09. The van der Waals surface area contributed by atoms with E-state index < -0.39 is 83.7 Å². The summed E-state index contributed by atoms with van der Waals surface area (Å²) in [5, 5.41) is 57.2. The number of nitrogens with two attached hydrogens (primary N) is 2. The van der Waals surface area contributed by atoms with Gasteiger partial charge in [0.05, 0.1) is 38.8 Å². The summed E-state index contributed by atoms with van der Waals surface area (Å²) in [6.45, 7) is 0.0803. The third kappa shape index (κ3) is 21.7. The van der Waals surface area contributed by atoms with Gasteiger partial charge in [-0.3, -0.25) is 77.4 Å². The van der Waals surface area contributed by atoms with E-state index in [9.17, 15) is 68.4 Å². The summed E-state index contributed by atoms with van der Waals surface area (Å²) in [7, 11) is 1.45. The molecule has 6 rings (SSSR count). The number of carbonyl (C=O) groups is 10. The van der Waals surface area contributed by atoms with E-state index in [0.29, 0.717) is 23.1 Å². The molecule has 2 aliphatic heterocycles. The standard InChI is InChI=1S/C59H78N14O14/c1-69-48(9-5-20-62-54(84)42-14-16-44(17-15-42)65-50(77)34-70-22-24-71(35-51(78)79)26-28-73(37-53(82)83)29-27-72(25-23-70)36-52(80)81)57(87)66-46(8-4-21-63-58(60)61)56(86)67-47(31-40-10-13-41-6-2-3-7-43(41)30-40)55(85)64-33-49(76)68-59(69,38-74)32-39-11-18-45(75)19-12-39/h2-3,6-7,10-19,30,38,46-48,75H,4-5,8-9,20-29,31-37H2,1H3,(H,62,84)(H,64,85)(H,65,77)(H,66,87)(H,67,86)(H,68,76)(H,78,79)(H,80,81)(H,82,83)(H4,60,61,63)/t46-,47-,48+,59+/m0/s1. The second kappa shape index (κ2) is 33.0. The van der Waals surface area contributed by atoms with Crippen LogP contribution in [0, 0.1) is 0 Å². The first-order chi connectivity index (χ1) is 41.6. The molecule has 28 heteroatoms. The molecule has 2 heterocycles. The van der Waals surface area contributed by atoms with Crippen LogP contribution in [0.1, 0.15) is 47.2 Å². The fourth-order valence-electron chi connectivity index (χ4n) is 10.3. The van der Waals surface area contributed by atoms with E-state index in [0.717, 1.165) is 10.8 Å². The lowest BCUT2D eigenvalue weighted by molar-refractivity contribution is -0.141. The van der Waals surface area contributed by atoms with Crippen LogP contribution in [0.15, 0.2) is 96.0 Å². The maximum Gasteiger partial charge on any atom is 0.317 e. The number of anilines is 1. The van der Waals surface area contributed by atoms with E-state index in [-0.39, 0.29) is 147 Å². The molecule has 6 amide bonds. The molecule has 4 atom stereocenters. The Balaban J connectivity index is 1.17. The zero-order chi connectivity index (χ0) is 63.0. The van der Waals surface area contributed by atoms with Crippen LogP contribution in [0.3, 0.4) is 0 Å². The first kappa shape index (κ1) is 67.0. The van der Waals surface area contributed by atoms with E-state index in [4.69, 9.17) is 11.5 Å². The molecular formula is C59H78N14O14. The number of fused-ring (bicyclic) bond motifs is 1. The SMILES string of the molecule is CN1[C@H](CCCNC(=O)c2ccc(NC(=O)CN3CCN(CC(=O)O)CCN(CC(=O)O)CCN(CC(=O)O)CC3)cc2)C(=O)N[C@@H](CCCN=C(N)N)C(=O)N[C@@H](Cc2ccc3ccccc3c2)C(=O)NCC(=O)N[C@]1(C=O)Cc1ccc(O)cc1. The van der Waals surface area contributed by atoms with E-state index >= 15 is 0 Å². The molecule has 28 nitrogen and oxygen atoms in total. The fraction of sp³-hybridized carbons (Fsp3) is 0.441. The van der Waals surface area contributed by atoms with E-state index in [1.165, 1.54) is 60.5 Å². The monoisotopic (exact) mass is 1210 g/mol. The van der Waals surface area contributed by atoms with Crippen molar-refractivity contribution in [2.75, 3.05) is 111 Å². The van der Waals surface area contributed by atoms with Crippen LogP contribution in [0.25, 0.3) is 10.8 Å². The molecule has 0 bridgehead atoms. The van der Waals surface area contributed by atoms with Gasteiger partial charge in [0.2, 0.25) is 29.5 Å². The highest BCUT2D eigenvalue weighted by atomic mass is 16.4. The number of aliphatic carboxylic acids is 3. The van der Waals surface area contributed by atoms with Gasteiger partial charge < -0.3 is 63.8 Å². The summed E-state index contributed by atoms with van der Waals surface area (Å²) in [4.78, 5) is 145. The number of aromatic hydroxyl groups is 1. The summed E-state index contributed by atoms with van der Waals surface area (Å²) in [5.41, 5.74) is 10.9. The van der Waals surface area contributed by atoms with Gasteiger partial charge in [0.15, 0.2) is 17.9 Å². The molecule has 2 saturated heterocycles. The van der Waals surface area contributed by atoms with Crippen molar-refractivity contribution >= 4 is 82.1 Å². The number of nitrogens with zero attached hydrogens (tertiary/aromatic N) is 6. The molecule has 0 aromatic heterocycles. The first-order valence-corrected chi connectivity index (χ1v) is 28.5. The Bertz CT molecular complexity index is 3060. The van der Waals surface area contributed by atoms with Crippen LogP contribution in [0.5, 0.6) is 5.75 Å². The molecule has 0 radical (unpaired) electrons. The molecule has 0 spiro atoms. The molecular weight excluding hydrogens is 1130 g/mol. The van der Waals surface area contributed by atoms with Crippen LogP contribution >= 0.6 is 0 Å². The normalized spacial score (nSPS) is 20.4. The van der Waals surface area contributed by atoms with Gasteiger partial charge in [0, 0.05) is 89.5 Å². The highest BCUT2D eigenvalue weighted by Gasteiger charge is 2.43. The Morgan fingerprint density at radius 1 is 0.667 bits per heavy atom. The molecule has 0 unspecified atom stereocenters. The van der Waals surface area contributed by atoms with Crippen LogP contribution in [0.2, 0.25) is 0 Å². The lowest BCUT2D eigenvalue weighted by Crippen LogP contribution is -2.68. The summed E-state index contributed by atoms with van der Waals surface area (Å²) in [6, 6.07) is 21.2. The lowest BCUT2D eigenvalue weighted by atomic mass is 9.95. The maximum atomic E-state index is 14.9. The molecule has 0 saturated carbocycles. The number of carbonyl (C=O) groups excluding carboxylic acids is 7. The average Bonchev–Trinajstić information content (AvgIpc) is 1.64. The van der Waals surface area contributed by atoms with Crippen molar-refractivity contribution < 1.29 is 68.4 Å². The fourth-order valence-corrected chi connectivity index (χ4v) is 10.3. The second-order valence-corrected chi connectivity index (χ2v) is 21.5. The number of guanidine groups is 1. The lowest BCUT2D eigenvalue weighted by Gasteiger charge is -2.42. The number of carboxylic acid groups (broad SMARTS) is 3. The zero-order valence-corrected chi connectivity index (χ0v) is 48.5. The highest BCUT2D eigenvalue weighted by Crippen LogP contribution is 2.24. The average molecular weight is 1210 g/mol. The number of carboxylic acids is 3. The first-order valence-electron chi connectivity index (χ1n) is 28.5.